The van der Waals surface area contributed by atoms with E-state index in [-0.39, 0.29) is 6.04 Å². The van der Waals surface area contributed by atoms with Crippen LogP contribution < -0.4 is 0 Å². The van der Waals surface area contributed by atoms with Crippen molar-refractivity contribution in [2.45, 2.75) is 19.5 Å². The molecule has 23 heavy (non-hydrogen) atoms. The Balaban J connectivity index is 1.72. The second-order valence-corrected chi connectivity index (χ2v) is 5.97. The van der Waals surface area contributed by atoms with Crippen LogP contribution in [-0.2, 0) is 13.6 Å². The molecule has 3 rings (SSSR count). The predicted molar refractivity (Wildman–Crippen MR) is 89.5 cm³/mol. The molecule has 0 radical (unpaired) electrons. The van der Waals surface area contributed by atoms with Gasteiger partial charge in [0.25, 0.3) is 0 Å². The van der Waals surface area contributed by atoms with Crippen LogP contribution in [-0.4, -0.2) is 36.3 Å². The summed E-state index contributed by atoms with van der Waals surface area (Å²) in [7, 11) is 4.01. The number of rotatable bonds is 5. The van der Waals surface area contributed by atoms with Crippen LogP contribution in [0.5, 0.6) is 0 Å². The molecule has 0 unspecified atom stereocenters. The lowest BCUT2D eigenvalue weighted by Crippen LogP contribution is -2.23. The average Bonchev–Trinajstić information content (AvgIpc) is 3.20. The zero-order chi connectivity index (χ0) is 16.4. The lowest BCUT2D eigenvalue weighted by molar-refractivity contribution is 0.244. The summed E-state index contributed by atoms with van der Waals surface area (Å²) in [5.41, 5.74) is 2.23. The fourth-order valence-electron chi connectivity index (χ4n) is 2.43. The summed E-state index contributed by atoms with van der Waals surface area (Å²) < 4.78 is 3.65. The van der Waals surface area contributed by atoms with E-state index in [2.05, 4.69) is 46.1 Å². The van der Waals surface area contributed by atoms with E-state index >= 15 is 0 Å². The minimum atomic E-state index is 0.260. The minimum absolute atomic E-state index is 0.260. The molecule has 6 nitrogen and oxygen atoms in total. The van der Waals surface area contributed by atoms with Crippen molar-refractivity contribution in [2.75, 3.05) is 7.05 Å². The van der Waals surface area contributed by atoms with Crippen LogP contribution in [0.15, 0.2) is 43.1 Å². The molecule has 0 amide bonds. The van der Waals surface area contributed by atoms with Crippen molar-refractivity contribution in [3.05, 3.63) is 59.7 Å². The maximum Gasteiger partial charge on any atom is 0.138 e. The first kappa shape index (κ1) is 15.7. The fraction of sp³-hybridized carbons (Fsp3) is 0.312. The van der Waals surface area contributed by atoms with Crippen LogP contribution in [0.2, 0.25) is 5.15 Å². The summed E-state index contributed by atoms with van der Waals surface area (Å²) in [6.07, 6.45) is 4.90. The van der Waals surface area contributed by atoms with Crippen LogP contribution in [0.25, 0.3) is 5.69 Å². The van der Waals surface area contributed by atoms with Crippen LogP contribution in [0.3, 0.4) is 0 Å². The minimum Gasteiger partial charge on any atom is -0.321 e. The molecule has 0 aliphatic heterocycles. The van der Waals surface area contributed by atoms with Crippen LogP contribution in [0.1, 0.15) is 24.4 Å². The smallest absolute Gasteiger partial charge is 0.138 e. The highest BCUT2D eigenvalue weighted by atomic mass is 35.5. The van der Waals surface area contributed by atoms with Gasteiger partial charge in [-0.05, 0) is 31.7 Å². The molecule has 0 N–H and O–H groups in total. The molecule has 2 aromatic heterocycles. The van der Waals surface area contributed by atoms with Crippen LogP contribution in [0, 0.1) is 0 Å². The van der Waals surface area contributed by atoms with Crippen LogP contribution >= 0.6 is 11.6 Å². The summed E-state index contributed by atoms with van der Waals surface area (Å²) in [6.45, 7) is 2.91. The molecule has 7 heteroatoms. The van der Waals surface area contributed by atoms with E-state index in [1.165, 1.54) is 11.9 Å². The van der Waals surface area contributed by atoms with Gasteiger partial charge in [-0.25, -0.2) is 14.6 Å². The standard InChI is InChI=1S/C16H19ClN6/c1-12(21(2)9-16-19-8-15(17)22(16)3)13-4-6-14(7-5-13)23-11-18-10-20-23/h4-8,10-12H,9H2,1-3H3/t12-/m0/s1. The Bertz CT molecular complexity index is 762. The van der Waals surface area contributed by atoms with Gasteiger partial charge in [-0.15, -0.1) is 0 Å². The van der Waals surface area contributed by atoms with Crippen molar-refractivity contribution < 1.29 is 0 Å². The molecule has 2 heterocycles. The highest BCUT2D eigenvalue weighted by Gasteiger charge is 2.15. The van der Waals surface area contributed by atoms with Gasteiger partial charge < -0.3 is 4.57 Å². The topological polar surface area (TPSA) is 51.8 Å². The number of aromatic nitrogens is 5. The lowest BCUT2D eigenvalue weighted by Gasteiger charge is -2.25. The first-order valence-electron chi connectivity index (χ1n) is 7.37. The van der Waals surface area contributed by atoms with E-state index in [1.807, 2.05) is 23.7 Å². The lowest BCUT2D eigenvalue weighted by atomic mass is 10.1. The van der Waals surface area contributed by atoms with Gasteiger partial charge in [-0.2, -0.15) is 5.10 Å². The van der Waals surface area contributed by atoms with E-state index in [1.54, 1.807) is 17.2 Å². The summed E-state index contributed by atoms with van der Waals surface area (Å²) in [4.78, 5) is 10.6. The molecule has 0 bridgehead atoms. The highest BCUT2D eigenvalue weighted by molar-refractivity contribution is 6.29. The van der Waals surface area contributed by atoms with Crippen molar-refractivity contribution in [1.82, 2.24) is 29.2 Å². The van der Waals surface area contributed by atoms with Gasteiger partial charge in [0.05, 0.1) is 18.4 Å². The molecule has 0 aliphatic carbocycles. The first-order chi connectivity index (χ1) is 11.1. The second kappa shape index (κ2) is 6.52. The van der Waals surface area contributed by atoms with Crippen molar-refractivity contribution in [3.8, 4) is 5.69 Å². The van der Waals surface area contributed by atoms with E-state index in [9.17, 15) is 0 Å². The van der Waals surface area contributed by atoms with Crippen molar-refractivity contribution in [2.24, 2.45) is 7.05 Å². The summed E-state index contributed by atoms with van der Waals surface area (Å²) in [5, 5.41) is 4.79. The number of halogens is 1. The number of imidazole rings is 1. The van der Waals surface area contributed by atoms with Crippen molar-refractivity contribution in [3.63, 3.8) is 0 Å². The highest BCUT2D eigenvalue weighted by Crippen LogP contribution is 2.22. The maximum atomic E-state index is 6.04. The van der Waals surface area contributed by atoms with E-state index in [0.717, 1.165) is 18.1 Å². The zero-order valence-corrected chi connectivity index (χ0v) is 14.1. The third-order valence-electron chi connectivity index (χ3n) is 4.14. The molecule has 0 fully saturated rings. The number of hydrogen-bond acceptors (Lipinski definition) is 4. The van der Waals surface area contributed by atoms with Gasteiger partial charge >= 0.3 is 0 Å². The van der Waals surface area contributed by atoms with Gasteiger partial charge in [-0.3, -0.25) is 4.90 Å². The molecule has 0 spiro atoms. The third-order valence-corrected chi connectivity index (χ3v) is 4.49. The molecule has 0 saturated carbocycles. The Hall–Kier alpha value is -2.18. The summed E-state index contributed by atoms with van der Waals surface area (Å²) in [6, 6.07) is 8.58. The predicted octanol–water partition coefficient (Wildman–Crippen LogP) is 2.85. The summed E-state index contributed by atoms with van der Waals surface area (Å²) in [5.74, 6) is 0.948. The third kappa shape index (κ3) is 3.28. The average molecular weight is 331 g/mol. The molecule has 120 valence electrons. The molecule has 1 atom stereocenters. The molecular formula is C16H19ClN6. The van der Waals surface area contributed by atoms with E-state index < -0.39 is 0 Å². The SMILES string of the molecule is C[C@@H](c1ccc(-n2cncn2)cc1)N(C)Cc1ncc(Cl)n1C. The Morgan fingerprint density at radius 2 is 2.00 bits per heavy atom. The molecule has 0 saturated heterocycles. The van der Waals surface area contributed by atoms with Gasteiger partial charge in [0.2, 0.25) is 0 Å². The number of benzene rings is 1. The van der Waals surface area contributed by atoms with E-state index in [4.69, 9.17) is 11.6 Å². The van der Waals surface area contributed by atoms with E-state index in [0.29, 0.717) is 5.15 Å². The van der Waals surface area contributed by atoms with Gasteiger partial charge in [0, 0.05) is 13.1 Å². The molecule has 1 aromatic carbocycles. The Labute approximate surface area is 140 Å². The zero-order valence-electron chi connectivity index (χ0n) is 13.4. The Morgan fingerprint density at radius 1 is 1.26 bits per heavy atom. The number of nitrogens with zero attached hydrogens (tertiary/aromatic N) is 6. The molecular weight excluding hydrogens is 312 g/mol. The largest absolute Gasteiger partial charge is 0.321 e. The van der Waals surface area contributed by atoms with Gasteiger partial charge in [0.1, 0.15) is 23.6 Å². The second-order valence-electron chi connectivity index (χ2n) is 5.58. The Morgan fingerprint density at radius 3 is 2.57 bits per heavy atom. The normalized spacial score (nSPS) is 12.7. The maximum absolute atomic E-state index is 6.04. The first-order valence-corrected chi connectivity index (χ1v) is 7.75. The monoisotopic (exact) mass is 330 g/mol. The van der Waals surface area contributed by atoms with Gasteiger partial charge in [0.15, 0.2) is 0 Å². The van der Waals surface area contributed by atoms with Crippen molar-refractivity contribution >= 4 is 11.6 Å². The number of hydrogen-bond donors (Lipinski definition) is 0. The summed E-state index contributed by atoms with van der Waals surface area (Å²) >= 11 is 6.04. The van der Waals surface area contributed by atoms with Gasteiger partial charge in [-0.1, -0.05) is 23.7 Å². The molecule has 3 aromatic rings. The molecule has 0 aliphatic rings. The van der Waals surface area contributed by atoms with Crippen molar-refractivity contribution in [1.29, 1.82) is 0 Å². The Kier molecular flexibility index (Phi) is 4.45. The van der Waals surface area contributed by atoms with Crippen LogP contribution in [0.4, 0.5) is 0 Å². The quantitative estimate of drug-likeness (QED) is 0.722. The fourth-order valence-corrected chi connectivity index (χ4v) is 2.58.